The molecule has 0 saturated heterocycles. The number of hydrogen-bond donors (Lipinski definition) is 1. The predicted octanol–water partition coefficient (Wildman–Crippen LogP) is 2.85. The molecule has 1 amide bonds. The molecule has 0 unspecified atom stereocenters. The van der Waals surface area contributed by atoms with Gasteiger partial charge in [-0.1, -0.05) is 11.2 Å². The van der Waals surface area contributed by atoms with Crippen LogP contribution in [0.4, 0.5) is 19.0 Å². The summed E-state index contributed by atoms with van der Waals surface area (Å²) in [5.74, 6) is -0.487. The molecule has 6 rings (SSSR count). The van der Waals surface area contributed by atoms with Gasteiger partial charge in [-0.05, 0) is 38.0 Å². The molecule has 1 saturated carbocycles. The van der Waals surface area contributed by atoms with Crippen molar-refractivity contribution in [1.82, 2.24) is 33.8 Å². The Labute approximate surface area is 239 Å². The summed E-state index contributed by atoms with van der Waals surface area (Å²) in [5, 5.41) is 6.57. The summed E-state index contributed by atoms with van der Waals surface area (Å²) in [4.78, 5) is 52.5. The smallest absolute Gasteiger partial charge is 0.421 e. The molecule has 5 heterocycles. The molecule has 1 aliphatic rings. The molecule has 0 aliphatic heterocycles. The number of anilines is 1. The van der Waals surface area contributed by atoms with Crippen LogP contribution in [0.5, 0.6) is 5.88 Å². The lowest BCUT2D eigenvalue weighted by Gasteiger charge is -2.18. The summed E-state index contributed by atoms with van der Waals surface area (Å²) in [6, 6.07) is 6.98. The Balaban J connectivity index is 1.33. The van der Waals surface area contributed by atoms with Gasteiger partial charge in [0, 0.05) is 24.9 Å². The zero-order valence-corrected chi connectivity index (χ0v) is 23.0. The summed E-state index contributed by atoms with van der Waals surface area (Å²) < 4.78 is 54.0. The molecule has 222 valence electrons. The van der Waals surface area contributed by atoms with Gasteiger partial charge in [0.15, 0.2) is 11.2 Å². The lowest BCUT2D eigenvalue weighted by atomic mass is 10.1. The number of carbonyl (C=O) groups is 1. The lowest BCUT2D eigenvalue weighted by molar-refractivity contribution is -0.139. The van der Waals surface area contributed by atoms with E-state index in [1.54, 1.807) is 13.0 Å². The molecule has 0 aromatic carbocycles. The van der Waals surface area contributed by atoms with Gasteiger partial charge in [0.05, 0.1) is 25.7 Å². The highest BCUT2D eigenvalue weighted by molar-refractivity contribution is 5.99. The maximum Gasteiger partial charge on any atom is 0.421 e. The zero-order chi connectivity index (χ0) is 30.7. The minimum Gasteiger partial charge on any atom is -0.481 e. The van der Waals surface area contributed by atoms with Crippen molar-refractivity contribution in [3.8, 4) is 17.1 Å². The van der Waals surface area contributed by atoms with Crippen molar-refractivity contribution in [3.05, 3.63) is 80.7 Å². The molecule has 1 N–H and O–H groups in total. The van der Waals surface area contributed by atoms with E-state index in [1.165, 1.54) is 46.9 Å². The van der Waals surface area contributed by atoms with Crippen molar-refractivity contribution >= 4 is 22.9 Å². The van der Waals surface area contributed by atoms with Crippen LogP contribution in [-0.4, -0.2) is 46.8 Å². The molecule has 0 atom stereocenters. The van der Waals surface area contributed by atoms with Crippen molar-refractivity contribution < 1.29 is 27.2 Å². The van der Waals surface area contributed by atoms with E-state index in [-0.39, 0.29) is 34.8 Å². The number of imidazole rings is 1. The first-order chi connectivity index (χ1) is 20.4. The highest BCUT2D eigenvalue weighted by atomic mass is 19.4. The highest BCUT2D eigenvalue weighted by Crippen LogP contribution is 2.45. The molecule has 5 aromatic heterocycles. The van der Waals surface area contributed by atoms with Crippen molar-refractivity contribution in [2.75, 3.05) is 12.4 Å². The van der Waals surface area contributed by atoms with E-state index in [0.717, 1.165) is 17.7 Å². The van der Waals surface area contributed by atoms with E-state index in [0.29, 0.717) is 24.3 Å². The molecule has 16 heteroatoms. The standard InChI is InChI=1S/C27H23F3N8O5/c1-14-9-16(35-43-14)12-37-23(39)20-21(36(2)25(37)41)32-13-38(20)26(7-8-26)24(40)34-19-6-4-5-18(33-19)15-10-17(27(28,29)30)22(42-3)31-11-15/h4-6,9-11,13H,7-8,12H2,1-3H3,(H,33,34,40). The number of rotatable bonds is 7. The van der Waals surface area contributed by atoms with E-state index >= 15 is 0 Å². The van der Waals surface area contributed by atoms with Crippen LogP contribution in [0.15, 0.2) is 57.0 Å². The van der Waals surface area contributed by atoms with E-state index in [2.05, 4.69) is 25.4 Å². The van der Waals surface area contributed by atoms with Crippen molar-refractivity contribution in [2.24, 2.45) is 7.05 Å². The number of aryl methyl sites for hydroxylation is 2. The van der Waals surface area contributed by atoms with Gasteiger partial charge < -0.3 is 19.1 Å². The molecule has 5 aromatic rings. The van der Waals surface area contributed by atoms with Crippen LogP contribution in [0.3, 0.4) is 0 Å². The van der Waals surface area contributed by atoms with Crippen molar-refractivity contribution in [3.63, 3.8) is 0 Å². The summed E-state index contributed by atoms with van der Waals surface area (Å²) in [5.41, 5.74) is -2.78. The highest BCUT2D eigenvalue weighted by Gasteiger charge is 2.53. The first kappa shape index (κ1) is 27.9. The average molecular weight is 597 g/mol. The second kappa shape index (κ2) is 9.92. The molecule has 0 radical (unpaired) electrons. The molecular formula is C27H23F3N8O5. The van der Waals surface area contributed by atoms with Gasteiger partial charge in [-0.3, -0.25) is 18.7 Å². The fourth-order valence-electron chi connectivity index (χ4n) is 4.94. The lowest BCUT2D eigenvalue weighted by Crippen LogP contribution is -2.41. The van der Waals surface area contributed by atoms with Gasteiger partial charge in [-0.15, -0.1) is 0 Å². The second-order valence-corrected chi connectivity index (χ2v) is 10.1. The minimum absolute atomic E-state index is 0.0562. The van der Waals surface area contributed by atoms with Gasteiger partial charge >= 0.3 is 11.9 Å². The van der Waals surface area contributed by atoms with Gasteiger partial charge in [-0.2, -0.15) is 13.2 Å². The summed E-state index contributed by atoms with van der Waals surface area (Å²) in [7, 11) is 2.56. The van der Waals surface area contributed by atoms with E-state index in [1.807, 2.05) is 0 Å². The number of fused-ring (bicyclic) bond motifs is 1. The second-order valence-electron chi connectivity index (χ2n) is 10.1. The minimum atomic E-state index is -4.71. The monoisotopic (exact) mass is 596 g/mol. The number of halogens is 3. The largest absolute Gasteiger partial charge is 0.481 e. The van der Waals surface area contributed by atoms with Crippen LogP contribution in [-0.2, 0) is 30.1 Å². The number of nitrogens with zero attached hydrogens (tertiary/aromatic N) is 7. The average Bonchev–Trinajstić information content (AvgIpc) is 3.49. The van der Waals surface area contributed by atoms with Crippen LogP contribution >= 0.6 is 0 Å². The SMILES string of the molecule is COc1ncc(-c2cccc(NC(=O)C3(n4cnc5c4c(=O)n(Cc4cc(C)on4)c(=O)n5C)CC3)n2)cc1C(F)(F)F. The first-order valence-corrected chi connectivity index (χ1v) is 12.9. The van der Waals surface area contributed by atoms with Crippen molar-refractivity contribution in [2.45, 2.75) is 38.0 Å². The van der Waals surface area contributed by atoms with Crippen LogP contribution < -0.4 is 21.3 Å². The molecule has 1 fully saturated rings. The normalized spacial score (nSPS) is 14.2. The molecule has 43 heavy (non-hydrogen) atoms. The van der Waals surface area contributed by atoms with Gasteiger partial charge in [0.1, 0.15) is 28.4 Å². The maximum absolute atomic E-state index is 13.6. The molecule has 1 aliphatic carbocycles. The Morgan fingerprint density at radius 1 is 1.19 bits per heavy atom. The van der Waals surface area contributed by atoms with Gasteiger partial charge in [0.2, 0.25) is 5.88 Å². The van der Waals surface area contributed by atoms with Crippen LogP contribution in [0.1, 0.15) is 29.9 Å². The third kappa shape index (κ3) is 4.73. The number of carbonyl (C=O) groups excluding carboxylic acids is 1. The first-order valence-electron chi connectivity index (χ1n) is 12.9. The Morgan fingerprint density at radius 2 is 1.95 bits per heavy atom. The number of methoxy groups -OCH3 is 1. The van der Waals surface area contributed by atoms with Crippen LogP contribution in [0.25, 0.3) is 22.4 Å². The van der Waals surface area contributed by atoms with Crippen LogP contribution in [0, 0.1) is 6.92 Å². The summed E-state index contributed by atoms with van der Waals surface area (Å²) in [6.45, 7) is 1.54. The Kier molecular flexibility index (Phi) is 6.43. The van der Waals surface area contributed by atoms with Crippen molar-refractivity contribution in [1.29, 1.82) is 0 Å². The maximum atomic E-state index is 13.6. The summed E-state index contributed by atoms with van der Waals surface area (Å²) >= 11 is 0. The topological polar surface area (TPSA) is 152 Å². The number of amides is 1. The number of aromatic nitrogens is 7. The molecule has 0 bridgehead atoms. The third-order valence-electron chi connectivity index (χ3n) is 7.27. The van der Waals surface area contributed by atoms with E-state index in [4.69, 9.17) is 9.26 Å². The number of alkyl halides is 3. The summed E-state index contributed by atoms with van der Waals surface area (Å²) in [6.07, 6.45) is -1.44. The third-order valence-corrected chi connectivity index (χ3v) is 7.27. The molecule has 0 spiro atoms. The Hall–Kier alpha value is -5.28. The van der Waals surface area contributed by atoms with E-state index < -0.39 is 40.3 Å². The molecule has 13 nitrogen and oxygen atoms in total. The molecular weight excluding hydrogens is 573 g/mol. The Morgan fingerprint density at radius 3 is 2.60 bits per heavy atom. The van der Waals surface area contributed by atoms with E-state index in [9.17, 15) is 27.6 Å². The Bertz CT molecular complexity index is 2020. The number of pyridine rings is 2. The van der Waals surface area contributed by atoms with Gasteiger partial charge in [0.25, 0.3) is 11.5 Å². The van der Waals surface area contributed by atoms with Gasteiger partial charge in [-0.25, -0.2) is 19.7 Å². The number of hydrogen-bond acceptors (Lipinski definition) is 9. The predicted molar refractivity (Wildman–Crippen MR) is 144 cm³/mol. The fraction of sp³-hybridized carbons (Fsp3) is 0.296. The quantitative estimate of drug-likeness (QED) is 0.299. The zero-order valence-electron chi connectivity index (χ0n) is 23.0. The van der Waals surface area contributed by atoms with Crippen LogP contribution in [0.2, 0.25) is 0 Å². The number of ether oxygens (including phenoxy) is 1. The number of nitrogens with one attached hydrogen (secondary N) is 1. The fourth-order valence-corrected chi connectivity index (χ4v) is 4.94.